The van der Waals surface area contributed by atoms with E-state index in [-0.39, 0.29) is 6.54 Å². The summed E-state index contributed by atoms with van der Waals surface area (Å²) in [6.45, 7) is -0.190. The first-order chi connectivity index (χ1) is 6.81. The fraction of sp³-hybridized carbons (Fsp3) is 0.143. The molecule has 72 valence electrons. The average Bonchev–Trinajstić information content (AvgIpc) is 2.62. The van der Waals surface area contributed by atoms with E-state index in [1.165, 1.54) is 18.9 Å². The molecule has 0 saturated carbocycles. The number of imidazole rings is 1. The lowest BCUT2D eigenvalue weighted by Gasteiger charge is -2.01. The van der Waals surface area contributed by atoms with E-state index in [2.05, 4.69) is 15.0 Å². The van der Waals surface area contributed by atoms with Gasteiger partial charge in [-0.05, 0) is 0 Å². The monoisotopic (exact) mass is 193 g/mol. The molecule has 0 radical (unpaired) electrons. The van der Waals surface area contributed by atoms with Gasteiger partial charge in [0.15, 0.2) is 5.65 Å². The molecule has 0 saturated heterocycles. The number of aromatic nitrogens is 4. The molecular weight excluding hydrogens is 186 g/mol. The summed E-state index contributed by atoms with van der Waals surface area (Å²) in [6, 6.07) is 0. The molecule has 0 bridgehead atoms. The van der Waals surface area contributed by atoms with Crippen molar-refractivity contribution in [1.82, 2.24) is 19.7 Å². The molecule has 0 spiro atoms. The SMILES string of the molecule is NCC(=O)On1cnc2cncnc21. The Bertz CT molecular complexity index is 466. The summed E-state index contributed by atoms with van der Waals surface area (Å²) in [7, 11) is 0. The fourth-order valence-corrected chi connectivity index (χ4v) is 0.960. The fourth-order valence-electron chi connectivity index (χ4n) is 0.960. The van der Waals surface area contributed by atoms with Gasteiger partial charge in [-0.1, -0.05) is 0 Å². The molecule has 0 aliphatic carbocycles. The Morgan fingerprint density at radius 3 is 3.21 bits per heavy atom. The molecule has 0 unspecified atom stereocenters. The highest BCUT2D eigenvalue weighted by Gasteiger charge is 2.07. The lowest BCUT2D eigenvalue weighted by atomic mass is 10.6. The van der Waals surface area contributed by atoms with E-state index in [9.17, 15) is 4.79 Å². The number of fused-ring (bicyclic) bond motifs is 1. The standard InChI is InChI=1S/C7H7N5O2/c8-1-6(13)14-12-4-11-5-2-9-3-10-7(5)12/h2-4H,1,8H2. The lowest BCUT2D eigenvalue weighted by Crippen LogP contribution is -2.26. The van der Waals surface area contributed by atoms with Gasteiger partial charge in [0.1, 0.15) is 18.2 Å². The molecule has 2 rings (SSSR count). The van der Waals surface area contributed by atoms with E-state index in [0.717, 1.165) is 4.73 Å². The molecule has 0 aromatic carbocycles. The molecule has 0 fully saturated rings. The van der Waals surface area contributed by atoms with E-state index < -0.39 is 5.97 Å². The van der Waals surface area contributed by atoms with Crippen molar-refractivity contribution in [2.24, 2.45) is 5.73 Å². The van der Waals surface area contributed by atoms with Gasteiger partial charge >= 0.3 is 5.97 Å². The van der Waals surface area contributed by atoms with Gasteiger partial charge in [0.25, 0.3) is 0 Å². The third-order valence-electron chi connectivity index (χ3n) is 1.55. The maximum absolute atomic E-state index is 10.9. The highest BCUT2D eigenvalue weighted by atomic mass is 16.7. The van der Waals surface area contributed by atoms with Crippen molar-refractivity contribution in [1.29, 1.82) is 0 Å². The minimum atomic E-state index is -0.553. The maximum atomic E-state index is 10.9. The van der Waals surface area contributed by atoms with Gasteiger partial charge in [0, 0.05) is 0 Å². The summed E-state index contributed by atoms with van der Waals surface area (Å²) in [5.74, 6) is -0.553. The molecule has 2 aromatic rings. The third kappa shape index (κ3) is 1.40. The second kappa shape index (κ2) is 3.38. The topological polar surface area (TPSA) is 95.9 Å². The van der Waals surface area contributed by atoms with E-state index in [4.69, 9.17) is 10.6 Å². The molecule has 0 aliphatic rings. The van der Waals surface area contributed by atoms with E-state index in [0.29, 0.717) is 11.2 Å². The van der Waals surface area contributed by atoms with Crippen LogP contribution in [0.3, 0.4) is 0 Å². The van der Waals surface area contributed by atoms with Crippen LogP contribution in [0.5, 0.6) is 0 Å². The number of hydrogen-bond donors (Lipinski definition) is 1. The zero-order chi connectivity index (χ0) is 9.97. The quantitative estimate of drug-likeness (QED) is 0.639. The van der Waals surface area contributed by atoms with Crippen molar-refractivity contribution in [3.8, 4) is 0 Å². The van der Waals surface area contributed by atoms with Crippen LogP contribution in [0.15, 0.2) is 18.9 Å². The zero-order valence-corrected chi connectivity index (χ0v) is 7.12. The number of nitrogens with two attached hydrogens (primary N) is 1. The molecule has 7 nitrogen and oxygen atoms in total. The van der Waals surface area contributed by atoms with Crippen LogP contribution in [0.1, 0.15) is 0 Å². The number of hydrogen-bond acceptors (Lipinski definition) is 6. The van der Waals surface area contributed by atoms with Crippen molar-refractivity contribution in [2.45, 2.75) is 0 Å². The Morgan fingerprint density at radius 2 is 2.43 bits per heavy atom. The normalized spacial score (nSPS) is 10.4. The summed E-state index contributed by atoms with van der Waals surface area (Å²) in [5.41, 5.74) is 6.08. The van der Waals surface area contributed by atoms with Crippen molar-refractivity contribution < 1.29 is 9.63 Å². The third-order valence-corrected chi connectivity index (χ3v) is 1.55. The predicted molar refractivity (Wildman–Crippen MR) is 46.0 cm³/mol. The Balaban J connectivity index is 2.38. The van der Waals surface area contributed by atoms with Gasteiger partial charge in [0.05, 0.1) is 12.7 Å². The first-order valence-electron chi connectivity index (χ1n) is 3.85. The molecule has 2 heterocycles. The van der Waals surface area contributed by atoms with Gasteiger partial charge in [-0.2, -0.15) is 0 Å². The highest BCUT2D eigenvalue weighted by molar-refractivity contribution is 5.74. The van der Waals surface area contributed by atoms with Crippen LogP contribution in [0, 0.1) is 0 Å². The van der Waals surface area contributed by atoms with Crippen molar-refractivity contribution in [2.75, 3.05) is 6.54 Å². The van der Waals surface area contributed by atoms with E-state index >= 15 is 0 Å². The van der Waals surface area contributed by atoms with Gasteiger partial charge in [-0.15, -0.1) is 4.73 Å². The van der Waals surface area contributed by atoms with E-state index in [1.54, 1.807) is 0 Å². The summed E-state index contributed by atoms with van der Waals surface area (Å²) >= 11 is 0. The van der Waals surface area contributed by atoms with Crippen LogP contribution in [0.25, 0.3) is 11.2 Å². The second-order valence-electron chi connectivity index (χ2n) is 2.47. The van der Waals surface area contributed by atoms with Crippen LogP contribution in [0.2, 0.25) is 0 Å². The zero-order valence-electron chi connectivity index (χ0n) is 7.12. The van der Waals surface area contributed by atoms with Crippen LogP contribution in [-0.2, 0) is 4.79 Å². The molecule has 14 heavy (non-hydrogen) atoms. The Labute approximate surface area is 78.5 Å². The summed E-state index contributed by atoms with van der Waals surface area (Å²) in [5, 5.41) is 0. The molecule has 2 aromatic heterocycles. The van der Waals surface area contributed by atoms with Gasteiger partial charge in [-0.3, -0.25) is 0 Å². The van der Waals surface area contributed by atoms with Crippen LogP contribution in [0.4, 0.5) is 0 Å². The largest absolute Gasteiger partial charge is 0.346 e. The van der Waals surface area contributed by atoms with Gasteiger partial charge in [-0.25, -0.2) is 19.7 Å². The average molecular weight is 193 g/mol. The van der Waals surface area contributed by atoms with Gasteiger partial charge in [0.2, 0.25) is 0 Å². The number of carbonyl (C=O) groups is 1. The number of nitrogens with zero attached hydrogens (tertiary/aromatic N) is 4. The van der Waals surface area contributed by atoms with Crippen LogP contribution in [-0.4, -0.2) is 32.2 Å². The van der Waals surface area contributed by atoms with Crippen molar-refractivity contribution in [3.63, 3.8) is 0 Å². The highest BCUT2D eigenvalue weighted by Crippen LogP contribution is 2.04. The second-order valence-corrected chi connectivity index (χ2v) is 2.47. The molecule has 0 atom stereocenters. The number of rotatable bonds is 2. The maximum Gasteiger partial charge on any atom is 0.346 e. The molecular formula is C7H7N5O2. The minimum Gasteiger partial charge on any atom is -0.332 e. The molecule has 0 amide bonds. The van der Waals surface area contributed by atoms with E-state index in [1.807, 2.05) is 0 Å². The van der Waals surface area contributed by atoms with Crippen LogP contribution >= 0.6 is 0 Å². The summed E-state index contributed by atoms with van der Waals surface area (Å²) < 4.78 is 1.16. The first kappa shape index (κ1) is 8.57. The Kier molecular flexibility index (Phi) is 2.07. The number of carbonyl (C=O) groups excluding carboxylic acids is 1. The molecule has 2 N–H and O–H groups in total. The summed E-state index contributed by atoms with van der Waals surface area (Å²) in [6.07, 6.45) is 4.21. The van der Waals surface area contributed by atoms with Crippen molar-refractivity contribution >= 4 is 17.1 Å². The Morgan fingerprint density at radius 1 is 1.57 bits per heavy atom. The molecule has 7 heteroatoms. The predicted octanol–water partition coefficient (Wildman–Crippen LogP) is -1.26. The minimum absolute atomic E-state index is 0.190. The van der Waals surface area contributed by atoms with Gasteiger partial charge < -0.3 is 10.6 Å². The van der Waals surface area contributed by atoms with Crippen LogP contribution < -0.4 is 10.6 Å². The molecule has 0 aliphatic heterocycles. The first-order valence-corrected chi connectivity index (χ1v) is 3.85. The lowest BCUT2D eigenvalue weighted by molar-refractivity contribution is -0.142. The van der Waals surface area contributed by atoms with Crippen molar-refractivity contribution in [3.05, 3.63) is 18.9 Å². The Hall–Kier alpha value is -2.02. The smallest absolute Gasteiger partial charge is 0.332 e. The summed E-state index contributed by atoms with van der Waals surface area (Å²) in [4.78, 5) is 27.3.